The number of rotatable bonds is 8. The maximum atomic E-state index is 13.0. The Morgan fingerprint density at radius 1 is 1.00 bits per heavy atom. The van der Waals surface area contributed by atoms with E-state index in [1.165, 1.54) is 0 Å². The third-order valence-corrected chi connectivity index (χ3v) is 4.63. The van der Waals surface area contributed by atoms with E-state index in [1.54, 1.807) is 21.3 Å². The number of carbonyl (C=O) groups excluding carboxylic acids is 1. The fraction of sp³-hybridized carbons (Fsp3) is 0.381. The summed E-state index contributed by atoms with van der Waals surface area (Å²) >= 11 is 0. The first-order chi connectivity index (χ1) is 12.6. The van der Waals surface area contributed by atoms with Crippen LogP contribution in [0.2, 0.25) is 0 Å². The van der Waals surface area contributed by atoms with Gasteiger partial charge in [0.25, 0.3) is 0 Å². The molecule has 0 bridgehead atoms. The molecule has 1 saturated carbocycles. The molecule has 0 atom stereocenters. The Hall–Kier alpha value is -2.69. The highest BCUT2D eigenvalue weighted by molar-refractivity contribution is 5.79. The third-order valence-electron chi connectivity index (χ3n) is 4.63. The molecule has 1 aliphatic rings. The summed E-state index contributed by atoms with van der Waals surface area (Å²) in [6.45, 7) is 0.522. The van der Waals surface area contributed by atoms with Gasteiger partial charge in [-0.3, -0.25) is 4.79 Å². The molecule has 0 heterocycles. The van der Waals surface area contributed by atoms with E-state index in [-0.39, 0.29) is 5.91 Å². The van der Waals surface area contributed by atoms with Gasteiger partial charge in [0.2, 0.25) is 5.91 Å². The second kappa shape index (κ2) is 8.13. The minimum Gasteiger partial charge on any atom is -0.497 e. The van der Waals surface area contributed by atoms with Gasteiger partial charge in [0.05, 0.1) is 27.8 Å². The summed E-state index contributed by atoms with van der Waals surface area (Å²) in [6.07, 6.45) is 2.46. The highest BCUT2D eigenvalue weighted by Gasteiger charge is 2.33. The topological polar surface area (TPSA) is 48.0 Å². The van der Waals surface area contributed by atoms with Gasteiger partial charge in [0.1, 0.15) is 17.2 Å². The van der Waals surface area contributed by atoms with Crippen LogP contribution in [0.25, 0.3) is 0 Å². The van der Waals surface area contributed by atoms with Gasteiger partial charge in [0.15, 0.2) is 0 Å². The molecule has 2 aromatic carbocycles. The summed E-state index contributed by atoms with van der Waals surface area (Å²) in [7, 11) is 4.91. The zero-order valence-electron chi connectivity index (χ0n) is 15.5. The smallest absolute Gasteiger partial charge is 0.227 e. The van der Waals surface area contributed by atoms with E-state index in [2.05, 4.69) is 0 Å². The van der Waals surface area contributed by atoms with Crippen molar-refractivity contribution in [3.8, 4) is 17.2 Å². The summed E-state index contributed by atoms with van der Waals surface area (Å²) < 4.78 is 16.0. The van der Waals surface area contributed by atoms with E-state index in [0.717, 1.165) is 41.2 Å². The molecule has 3 rings (SSSR count). The van der Waals surface area contributed by atoms with Gasteiger partial charge in [-0.2, -0.15) is 0 Å². The highest BCUT2D eigenvalue weighted by Crippen LogP contribution is 2.32. The number of carbonyl (C=O) groups is 1. The predicted molar refractivity (Wildman–Crippen MR) is 99.8 cm³/mol. The SMILES string of the molecule is COc1cccc(CC(=O)N(Cc2cc(OC)ccc2OC)C2CC2)c1. The monoisotopic (exact) mass is 355 g/mol. The van der Waals surface area contributed by atoms with Gasteiger partial charge in [0, 0.05) is 18.2 Å². The van der Waals surface area contributed by atoms with Crippen molar-refractivity contribution in [2.75, 3.05) is 21.3 Å². The Morgan fingerprint density at radius 3 is 2.38 bits per heavy atom. The summed E-state index contributed by atoms with van der Waals surface area (Å²) in [4.78, 5) is 14.9. The Bertz CT molecular complexity index is 770. The second-order valence-corrected chi connectivity index (χ2v) is 6.46. The number of benzene rings is 2. The maximum absolute atomic E-state index is 13.0. The summed E-state index contributed by atoms with van der Waals surface area (Å²) in [5.41, 5.74) is 1.91. The molecule has 5 nitrogen and oxygen atoms in total. The Labute approximate surface area is 154 Å². The first-order valence-corrected chi connectivity index (χ1v) is 8.78. The van der Waals surface area contributed by atoms with Gasteiger partial charge in [-0.25, -0.2) is 0 Å². The van der Waals surface area contributed by atoms with Crippen LogP contribution in [0.1, 0.15) is 24.0 Å². The van der Waals surface area contributed by atoms with Crippen molar-refractivity contribution < 1.29 is 19.0 Å². The number of ether oxygens (including phenoxy) is 3. The minimum absolute atomic E-state index is 0.116. The Balaban J connectivity index is 1.78. The number of hydrogen-bond donors (Lipinski definition) is 0. The molecule has 0 aliphatic heterocycles. The van der Waals surface area contributed by atoms with E-state index in [1.807, 2.05) is 47.4 Å². The molecule has 1 amide bonds. The van der Waals surface area contributed by atoms with E-state index in [0.29, 0.717) is 19.0 Å². The Morgan fingerprint density at radius 2 is 1.73 bits per heavy atom. The third kappa shape index (κ3) is 4.28. The van der Waals surface area contributed by atoms with Crippen molar-refractivity contribution in [2.45, 2.75) is 31.8 Å². The van der Waals surface area contributed by atoms with Crippen LogP contribution in [0.4, 0.5) is 0 Å². The largest absolute Gasteiger partial charge is 0.497 e. The lowest BCUT2D eigenvalue weighted by atomic mass is 10.1. The molecule has 26 heavy (non-hydrogen) atoms. The zero-order chi connectivity index (χ0) is 18.5. The quantitative estimate of drug-likeness (QED) is 0.728. The van der Waals surface area contributed by atoms with Crippen LogP contribution in [-0.4, -0.2) is 38.2 Å². The van der Waals surface area contributed by atoms with Gasteiger partial charge in [-0.1, -0.05) is 12.1 Å². The van der Waals surface area contributed by atoms with E-state index in [4.69, 9.17) is 14.2 Å². The molecule has 0 N–H and O–H groups in total. The summed E-state index contributed by atoms with van der Waals surface area (Å²) in [5, 5.41) is 0. The highest BCUT2D eigenvalue weighted by atomic mass is 16.5. The normalized spacial score (nSPS) is 13.2. The van der Waals surface area contributed by atoms with Crippen LogP contribution in [-0.2, 0) is 17.8 Å². The van der Waals surface area contributed by atoms with Crippen LogP contribution in [0.5, 0.6) is 17.2 Å². The molecule has 0 aromatic heterocycles. The minimum atomic E-state index is 0.116. The molecule has 1 aliphatic carbocycles. The molecule has 0 radical (unpaired) electrons. The fourth-order valence-electron chi connectivity index (χ4n) is 3.05. The predicted octanol–water partition coefficient (Wildman–Crippen LogP) is 3.45. The van der Waals surface area contributed by atoms with Crippen LogP contribution < -0.4 is 14.2 Å². The van der Waals surface area contributed by atoms with Gasteiger partial charge in [-0.15, -0.1) is 0 Å². The molecular formula is C21H25NO4. The number of hydrogen-bond acceptors (Lipinski definition) is 4. The van der Waals surface area contributed by atoms with Crippen LogP contribution in [0.3, 0.4) is 0 Å². The molecular weight excluding hydrogens is 330 g/mol. The molecule has 5 heteroatoms. The number of nitrogens with zero attached hydrogens (tertiary/aromatic N) is 1. The zero-order valence-corrected chi connectivity index (χ0v) is 15.5. The van der Waals surface area contributed by atoms with Crippen LogP contribution >= 0.6 is 0 Å². The molecule has 1 fully saturated rings. The standard InChI is InChI=1S/C21H25NO4/c1-24-18-6-4-5-15(11-18)12-21(23)22(17-7-8-17)14-16-13-19(25-2)9-10-20(16)26-3/h4-6,9-11,13,17H,7-8,12,14H2,1-3H3. The lowest BCUT2D eigenvalue weighted by Gasteiger charge is -2.24. The molecule has 0 saturated heterocycles. The molecule has 2 aromatic rings. The second-order valence-electron chi connectivity index (χ2n) is 6.46. The van der Waals surface area contributed by atoms with Crippen molar-refractivity contribution >= 4 is 5.91 Å². The molecule has 0 unspecified atom stereocenters. The van der Waals surface area contributed by atoms with Gasteiger partial charge < -0.3 is 19.1 Å². The lowest BCUT2D eigenvalue weighted by molar-refractivity contribution is -0.131. The van der Waals surface area contributed by atoms with E-state index < -0.39 is 0 Å². The molecule has 0 spiro atoms. The fourth-order valence-corrected chi connectivity index (χ4v) is 3.05. The number of amides is 1. The lowest BCUT2D eigenvalue weighted by Crippen LogP contribution is -2.34. The summed E-state index contributed by atoms with van der Waals surface area (Å²) in [6, 6.07) is 13.7. The van der Waals surface area contributed by atoms with E-state index in [9.17, 15) is 4.79 Å². The van der Waals surface area contributed by atoms with Crippen molar-refractivity contribution in [1.29, 1.82) is 0 Å². The molecule has 138 valence electrons. The van der Waals surface area contributed by atoms with Gasteiger partial charge >= 0.3 is 0 Å². The maximum Gasteiger partial charge on any atom is 0.227 e. The first-order valence-electron chi connectivity index (χ1n) is 8.78. The van der Waals surface area contributed by atoms with Crippen molar-refractivity contribution in [2.24, 2.45) is 0 Å². The van der Waals surface area contributed by atoms with Crippen molar-refractivity contribution in [3.05, 3.63) is 53.6 Å². The first kappa shape index (κ1) is 18.1. The van der Waals surface area contributed by atoms with Crippen LogP contribution in [0.15, 0.2) is 42.5 Å². The van der Waals surface area contributed by atoms with Crippen molar-refractivity contribution in [3.63, 3.8) is 0 Å². The van der Waals surface area contributed by atoms with Crippen molar-refractivity contribution in [1.82, 2.24) is 4.90 Å². The summed E-state index contributed by atoms with van der Waals surface area (Å²) in [5.74, 6) is 2.41. The van der Waals surface area contributed by atoms with Crippen LogP contribution in [0, 0.1) is 0 Å². The average molecular weight is 355 g/mol. The van der Waals surface area contributed by atoms with Gasteiger partial charge in [-0.05, 0) is 48.7 Å². The average Bonchev–Trinajstić information content (AvgIpc) is 3.50. The Kier molecular flexibility index (Phi) is 5.66. The van der Waals surface area contributed by atoms with E-state index >= 15 is 0 Å². The number of methoxy groups -OCH3 is 3.